The first kappa shape index (κ1) is 8.58. The molecule has 0 saturated carbocycles. The number of nitrogens with zero attached hydrogens (tertiary/aromatic N) is 2. The van der Waals surface area contributed by atoms with Crippen molar-refractivity contribution in [2.75, 3.05) is 11.9 Å². The molecular formula is C7H12N4O. The Labute approximate surface area is 70.5 Å². The van der Waals surface area contributed by atoms with Crippen LogP contribution < -0.4 is 11.1 Å². The van der Waals surface area contributed by atoms with E-state index in [-0.39, 0.29) is 12.5 Å². The maximum atomic E-state index is 10.5. The number of aromatic nitrogens is 2. The molecule has 1 amide bonds. The van der Waals surface area contributed by atoms with Gasteiger partial charge in [-0.05, 0) is 6.92 Å². The molecule has 5 nitrogen and oxygen atoms in total. The summed E-state index contributed by atoms with van der Waals surface area (Å²) in [5.41, 5.74) is 4.99. The number of nitrogens with one attached hydrogen (secondary N) is 1. The average molecular weight is 168 g/mol. The largest absolute Gasteiger partial charge is 0.369 e. The Balaban J connectivity index is 2.58. The third kappa shape index (κ3) is 2.26. The van der Waals surface area contributed by atoms with Gasteiger partial charge in [0.05, 0.1) is 0 Å². The molecule has 0 aliphatic heterocycles. The molecule has 0 fully saturated rings. The Morgan fingerprint density at radius 2 is 2.58 bits per heavy atom. The van der Waals surface area contributed by atoms with Gasteiger partial charge in [-0.25, -0.2) is 0 Å². The molecular weight excluding hydrogens is 156 g/mol. The molecule has 66 valence electrons. The number of anilines is 1. The third-order valence-corrected chi connectivity index (χ3v) is 1.32. The SMILES string of the molecule is CCNc1ccn(CC(N)=O)n1. The lowest BCUT2D eigenvalue weighted by Gasteiger charge is -1.96. The van der Waals surface area contributed by atoms with E-state index in [0.29, 0.717) is 0 Å². The van der Waals surface area contributed by atoms with Crippen LogP contribution in [0.25, 0.3) is 0 Å². The number of hydrogen-bond donors (Lipinski definition) is 2. The predicted octanol–water partition coefficient (Wildman–Crippen LogP) is -0.200. The quantitative estimate of drug-likeness (QED) is 0.654. The Kier molecular flexibility index (Phi) is 2.68. The summed E-state index contributed by atoms with van der Waals surface area (Å²) in [5, 5.41) is 7.06. The van der Waals surface area contributed by atoms with Gasteiger partial charge in [-0.3, -0.25) is 9.48 Å². The molecule has 0 bridgehead atoms. The smallest absolute Gasteiger partial charge is 0.239 e. The Morgan fingerprint density at radius 1 is 1.83 bits per heavy atom. The van der Waals surface area contributed by atoms with Gasteiger partial charge < -0.3 is 11.1 Å². The molecule has 0 aromatic carbocycles. The first-order valence-corrected chi connectivity index (χ1v) is 3.78. The lowest BCUT2D eigenvalue weighted by molar-refractivity contribution is -0.118. The van der Waals surface area contributed by atoms with Crippen LogP contribution in [0.4, 0.5) is 5.82 Å². The first-order valence-electron chi connectivity index (χ1n) is 3.78. The molecule has 0 spiro atoms. The van der Waals surface area contributed by atoms with Gasteiger partial charge in [-0.1, -0.05) is 0 Å². The van der Waals surface area contributed by atoms with Crippen molar-refractivity contribution >= 4 is 11.7 Å². The number of hydrogen-bond acceptors (Lipinski definition) is 3. The van der Waals surface area contributed by atoms with Crippen LogP contribution in [-0.4, -0.2) is 22.2 Å². The highest BCUT2D eigenvalue weighted by Gasteiger charge is 1.99. The van der Waals surface area contributed by atoms with Gasteiger partial charge in [0, 0.05) is 18.8 Å². The molecule has 5 heteroatoms. The fourth-order valence-corrected chi connectivity index (χ4v) is 0.885. The molecule has 1 aromatic heterocycles. The maximum absolute atomic E-state index is 10.5. The molecule has 1 aromatic rings. The number of carbonyl (C=O) groups excluding carboxylic acids is 1. The number of carbonyl (C=O) groups is 1. The van der Waals surface area contributed by atoms with E-state index in [0.717, 1.165) is 12.4 Å². The van der Waals surface area contributed by atoms with Crippen LogP contribution in [0, 0.1) is 0 Å². The van der Waals surface area contributed by atoms with Crippen molar-refractivity contribution in [2.45, 2.75) is 13.5 Å². The van der Waals surface area contributed by atoms with E-state index in [9.17, 15) is 4.79 Å². The third-order valence-electron chi connectivity index (χ3n) is 1.32. The first-order chi connectivity index (χ1) is 5.72. The summed E-state index contributed by atoms with van der Waals surface area (Å²) in [7, 11) is 0. The summed E-state index contributed by atoms with van der Waals surface area (Å²) in [6, 6.07) is 1.80. The molecule has 0 aliphatic carbocycles. The molecule has 0 aliphatic rings. The lowest BCUT2D eigenvalue weighted by atomic mass is 10.6. The van der Waals surface area contributed by atoms with Crippen molar-refractivity contribution in [3.05, 3.63) is 12.3 Å². The fourth-order valence-electron chi connectivity index (χ4n) is 0.885. The van der Waals surface area contributed by atoms with Gasteiger partial charge in [0.2, 0.25) is 5.91 Å². The van der Waals surface area contributed by atoms with Crippen LogP contribution in [0.3, 0.4) is 0 Å². The van der Waals surface area contributed by atoms with E-state index in [1.807, 2.05) is 6.92 Å². The molecule has 1 heterocycles. The summed E-state index contributed by atoms with van der Waals surface area (Å²) < 4.78 is 1.50. The highest BCUT2D eigenvalue weighted by molar-refractivity contribution is 5.73. The second kappa shape index (κ2) is 3.75. The highest BCUT2D eigenvalue weighted by atomic mass is 16.1. The van der Waals surface area contributed by atoms with Crippen molar-refractivity contribution in [1.82, 2.24) is 9.78 Å². The van der Waals surface area contributed by atoms with Crippen molar-refractivity contribution in [3.63, 3.8) is 0 Å². The van der Waals surface area contributed by atoms with Crippen LogP contribution in [0.1, 0.15) is 6.92 Å². The van der Waals surface area contributed by atoms with Crippen LogP contribution in [-0.2, 0) is 11.3 Å². The number of nitrogens with two attached hydrogens (primary N) is 1. The minimum atomic E-state index is -0.388. The lowest BCUT2D eigenvalue weighted by Crippen LogP contribution is -2.19. The fraction of sp³-hybridized carbons (Fsp3) is 0.429. The average Bonchev–Trinajstić information content (AvgIpc) is 2.36. The zero-order chi connectivity index (χ0) is 8.97. The topological polar surface area (TPSA) is 72.9 Å². The van der Waals surface area contributed by atoms with Gasteiger partial charge in [0.15, 0.2) is 0 Å². The Bertz CT molecular complexity index is 268. The molecule has 0 atom stereocenters. The summed E-state index contributed by atoms with van der Waals surface area (Å²) in [5.74, 6) is 0.375. The van der Waals surface area contributed by atoms with E-state index in [2.05, 4.69) is 10.4 Å². The standard InChI is InChI=1S/C7H12N4O/c1-2-9-7-3-4-11(10-7)5-6(8)12/h3-4H,2,5H2,1H3,(H2,8,12)(H,9,10). The second-order valence-corrected chi connectivity index (χ2v) is 2.40. The molecule has 1 rings (SSSR count). The minimum Gasteiger partial charge on any atom is -0.369 e. The van der Waals surface area contributed by atoms with Gasteiger partial charge in [-0.15, -0.1) is 0 Å². The summed E-state index contributed by atoms with van der Waals surface area (Å²) in [4.78, 5) is 10.5. The summed E-state index contributed by atoms with van der Waals surface area (Å²) in [6.07, 6.45) is 1.71. The van der Waals surface area contributed by atoms with Crippen molar-refractivity contribution in [2.24, 2.45) is 5.73 Å². The van der Waals surface area contributed by atoms with E-state index in [1.54, 1.807) is 12.3 Å². The number of primary amides is 1. The Morgan fingerprint density at radius 3 is 3.17 bits per heavy atom. The van der Waals surface area contributed by atoms with Gasteiger partial charge in [-0.2, -0.15) is 5.10 Å². The molecule has 12 heavy (non-hydrogen) atoms. The van der Waals surface area contributed by atoms with E-state index in [4.69, 9.17) is 5.73 Å². The monoisotopic (exact) mass is 168 g/mol. The van der Waals surface area contributed by atoms with Crippen LogP contribution in [0.5, 0.6) is 0 Å². The zero-order valence-electron chi connectivity index (χ0n) is 6.95. The normalized spacial score (nSPS) is 9.75. The zero-order valence-corrected chi connectivity index (χ0v) is 6.95. The van der Waals surface area contributed by atoms with E-state index >= 15 is 0 Å². The molecule has 0 radical (unpaired) electrons. The molecule has 3 N–H and O–H groups in total. The second-order valence-electron chi connectivity index (χ2n) is 2.40. The van der Waals surface area contributed by atoms with Crippen molar-refractivity contribution in [1.29, 1.82) is 0 Å². The van der Waals surface area contributed by atoms with Gasteiger partial charge in [0.1, 0.15) is 12.4 Å². The van der Waals surface area contributed by atoms with Gasteiger partial charge >= 0.3 is 0 Å². The van der Waals surface area contributed by atoms with Crippen LogP contribution in [0.15, 0.2) is 12.3 Å². The number of rotatable bonds is 4. The van der Waals surface area contributed by atoms with Crippen molar-refractivity contribution in [3.8, 4) is 0 Å². The van der Waals surface area contributed by atoms with Crippen molar-refractivity contribution < 1.29 is 4.79 Å². The van der Waals surface area contributed by atoms with Crippen LogP contribution in [0.2, 0.25) is 0 Å². The van der Waals surface area contributed by atoms with Gasteiger partial charge in [0.25, 0.3) is 0 Å². The minimum absolute atomic E-state index is 0.130. The van der Waals surface area contributed by atoms with E-state index < -0.39 is 0 Å². The number of amides is 1. The highest BCUT2D eigenvalue weighted by Crippen LogP contribution is 2.00. The molecule has 0 unspecified atom stereocenters. The van der Waals surface area contributed by atoms with E-state index in [1.165, 1.54) is 4.68 Å². The Hall–Kier alpha value is -1.52. The summed E-state index contributed by atoms with van der Waals surface area (Å²) >= 11 is 0. The predicted molar refractivity (Wildman–Crippen MR) is 45.6 cm³/mol. The maximum Gasteiger partial charge on any atom is 0.239 e. The summed E-state index contributed by atoms with van der Waals surface area (Å²) in [6.45, 7) is 2.92. The molecule has 0 saturated heterocycles. The van der Waals surface area contributed by atoms with Crippen LogP contribution >= 0.6 is 0 Å².